The minimum absolute atomic E-state index is 0.205. The molecule has 0 bridgehead atoms. The predicted molar refractivity (Wildman–Crippen MR) is 63.3 cm³/mol. The topological polar surface area (TPSA) is 56.7 Å². The Morgan fingerprint density at radius 1 is 1.26 bits per heavy atom. The second-order valence-electron chi connectivity index (χ2n) is 4.21. The maximum atomic E-state index is 12.4. The van der Waals surface area contributed by atoms with Gasteiger partial charge in [-0.15, -0.1) is 0 Å². The van der Waals surface area contributed by atoms with Crippen molar-refractivity contribution in [1.29, 1.82) is 0 Å². The van der Waals surface area contributed by atoms with E-state index in [1.807, 2.05) is 0 Å². The molecule has 1 atom stereocenters. The normalized spacial score (nSPS) is 13.5. The smallest absolute Gasteiger partial charge is 0.330 e. The maximum Gasteiger partial charge on any atom is 0.433 e. The lowest BCUT2D eigenvalue weighted by Crippen LogP contribution is -2.15. The summed E-state index contributed by atoms with van der Waals surface area (Å²) >= 11 is 0. The minimum Gasteiger partial charge on any atom is -0.330 e. The highest BCUT2D eigenvalue weighted by Crippen LogP contribution is 2.29. The lowest BCUT2D eigenvalue weighted by molar-refractivity contribution is -0.141. The molecule has 0 unspecified atom stereocenters. The Labute approximate surface area is 108 Å². The molecule has 0 spiro atoms. The quantitative estimate of drug-likeness (QED) is 0.927. The number of hydrogen-bond acceptors (Lipinski definition) is 3. The first-order valence-corrected chi connectivity index (χ1v) is 5.63. The summed E-state index contributed by atoms with van der Waals surface area (Å²) in [4.78, 5) is 3.44. The van der Waals surface area contributed by atoms with E-state index in [0.717, 1.165) is 11.6 Å². The van der Waals surface area contributed by atoms with Crippen LogP contribution in [0.2, 0.25) is 0 Å². The maximum absolute atomic E-state index is 12.4. The molecule has 0 amide bonds. The molecule has 0 aliphatic carbocycles. The molecule has 4 nitrogen and oxygen atoms in total. The lowest BCUT2D eigenvalue weighted by Gasteiger charge is -2.14. The van der Waals surface area contributed by atoms with Gasteiger partial charge in [-0.25, -0.2) is 0 Å². The predicted octanol–water partition coefficient (Wildman–Crippen LogP) is 1.92. The molecule has 2 heterocycles. The number of pyridine rings is 1. The summed E-state index contributed by atoms with van der Waals surface area (Å²) in [7, 11) is 1.77. The van der Waals surface area contributed by atoms with Gasteiger partial charge >= 0.3 is 6.18 Å². The molecular weight excluding hydrogens is 257 g/mol. The van der Waals surface area contributed by atoms with Crippen molar-refractivity contribution in [2.75, 3.05) is 6.54 Å². The van der Waals surface area contributed by atoms with Gasteiger partial charge < -0.3 is 5.73 Å². The van der Waals surface area contributed by atoms with Gasteiger partial charge in [-0.1, -0.05) is 6.07 Å². The van der Waals surface area contributed by atoms with Crippen LogP contribution in [0.4, 0.5) is 13.2 Å². The molecule has 0 saturated heterocycles. The SMILES string of the molecule is Cn1cc([C@H](CN)c2ccc(C(F)(F)F)nc2)cn1. The van der Waals surface area contributed by atoms with Gasteiger partial charge in [0, 0.05) is 31.9 Å². The summed E-state index contributed by atoms with van der Waals surface area (Å²) in [5.74, 6) is -0.205. The van der Waals surface area contributed by atoms with Gasteiger partial charge in [0.1, 0.15) is 5.69 Å². The molecule has 7 heteroatoms. The van der Waals surface area contributed by atoms with E-state index in [1.54, 1.807) is 24.1 Å². The van der Waals surface area contributed by atoms with Gasteiger partial charge in [-0.05, 0) is 17.2 Å². The van der Waals surface area contributed by atoms with Gasteiger partial charge in [0.25, 0.3) is 0 Å². The van der Waals surface area contributed by atoms with E-state index in [-0.39, 0.29) is 12.5 Å². The van der Waals surface area contributed by atoms with Crippen molar-refractivity contribution in [2.45, 2.75) is 12.1 Å². The number of aryl methyl sites for hydroxylation is 1. The van der Waals surface area contributed by atoms with Crippen LogP contribution in [0.1, 0.15) is 22.7 Å². The fraction of sp³-hybridized carbons (Fsp3) is 0.333. The van der Waals surface area contributed by atoms with E-state index in [1.165, 1.54) is 12.3 Å². The third-order valence-electron chi connectivity index (χ3n) is 2.84. The zero-order valence-corrected chi connectivity index (χ0v) is 10.2. The Kier molecular flexibility index (Phi) is 3.57. The van der Waals surface area contributed by atoms with Crippen LogP contribution in [-0.2, 0) is 13.2 Å². The van der Waals surface area contributed by atoms with Crippen LogP contribution >= 0.6 is 0 Å². The average molecular weight is 270 g/mol. The summed E-state index contributed by atoms with van der Waals surface area (Å²) in [6.07, 6.45) is 0.225. The molecule has 2 aromatic rings. The van der Waals surface area contributed by atoms with Crippen molar-refractivity contribution in [2.24, 2.45) is 12.8 Å². The monoisotopic (exact) mass is 270 g/mol. The number of hydrogen-bond donors (Lipinski definition) is 1. The van der Waals surface area contributed by atoms with Crippen molar-refractivity contribution >= 4 is 0 Å². The molecule has 19 heavy (non-hydrogen) atoms. The molecule has 102 valence electrons. The average Bonchev–Trinajstić information content (AvgIpc) is 2.76. The minimum atomic E-state index is -4.43. The van der Waals surface area contributed by atoms with E-state index in [4.69, 9.17) is 5.73 Å². The Morgan fingerprint density at radius 2 is 2.00 bits per heavy atom. The molecule has 0 fully saturated rings. The van der Waals surface area contributed by atoms with Crippen molar-refractivity contribution in [3.63, 3.8) is 0 Å². The second kappa shape index (κ2) is 5.00. The number of alkyl halides is 3. The molecule has 2 aromatic heterocycles. The Hall–Kier alpha value is -1.89. The van der Waals surface area contributed by atoms with E-state index >= 15 is 0 Å². The zero-order valence-electron chi connectivity index (χ0n) is 10.2. The number of rotatable bonds is 3. The van der Waals surface area contributed by atoms with Crippen molar-refractivity contribution in [3.05, 3.63) is 47.5 Å². The fourth-order valence-electron chi connectivity index (χ4n) is 1.86. The summed E-state index contributed by atoms with van der Waals surface area (Å²) < 4.78 is 38.9. The van der Waals surface area contributed by atoms with Gasteiger partial charge in [-0.2, -0.15) is 18.3 Å². The molecule has 2 N–H and O–H groups in total. The Bertz CT molecular complexity index is 545. The van der Waals surface area contributed by atoms with Gasteiger partial charge in [0.2, 0.25) is 0 Å². The number of nitrogens with two attached hydrogens (primary N) is 1. The van der Waals surface area contributed by atoms with Crippen LogP contribution in [-0.4, -0.2) is 21.3 Å². The van der Waals surface area contributed by atoms with Crippen molar-refractivity contribution in [3.8, 4) is 0 Å². The highest BCUT2D eigenvalue weighted by Gasteiger charge is 2.32. The first kappa shape index (κ1) is 13.5. The standard InChI is InChI=1S/C12H13F3N4/c1-19-7-9(6-18-19)10(4-16)8-2-3-11(17-5-8)12(13,14)15/h2-3,5-7,10H,4,16H2,1H3/t10-/m1/s1. The van der Waals surface area contributed by atoms with Crippen molar-refractivity contribution < 1.29 is 13.2 Å². The molecule has 0 aliphatic heterocycles. The number of aromatic nitrogens is 3. The summed E-state index contributed by atoms with van der Waals surface area (Å²) in [5, 5.41) is 4.03. The third kappa shape index (κ3) is 2.93. The van der Waals surface area contributed by atoms with E-state index in [9.17, 15) is 13.2 Å². The van der Waals surface area contributed by atoms with E-state index in [2.05, 4.69) is 10.1 Å². The van der Waals surface area contributed by atoms with Crippen molar-refractivity contribution in [1.82, 2.24) is 14.8 Å². The summed E-state index contributed by atoms with van der Waals surface area (Å²) in [6.45, 7) is 0.277. The molecular formula is C12H13F3N4. The van der Waals surface area contributed by atoms with Crippen LogP contribution in [0.3, 0.4) is 0 Å². The molecule has 0 radical (unpaired) electrons. The van der Waals surface area contributed by atoms with E-state index in [0.29, 0.717) is 5.56 Å². The highest BCUT2D eigenvalue weighted by atomic mass is 19.4. The summed E-state index contributed by atoms with van der Waals surface area (Å²) in [6, 6.07) is 2.37. The first-order chi connectivity index (χ1) is 8.91. The van der Waals surface area contributed by atoms with Gasteiger partial charge in [-0.3, -0.25) is 9.67 Å². The van der Waals surface area contributed by atoms with Crippen LogP contribution in [0, 0.1) is 0 Å². The van der Waals surface area contributed by atoms with Crippen LogP contribution in [0.15, 0.2) is 30.7 Å². The van der Waals surface area contributed by atoms with Gasteiger partial charge in [0.15, 0.2) is 0 Å². The van der Waals surface area contributed by atoms with Crippen LogP contribution in [0.25, 0.3) is 0 Å². The highest BCUT2D eigenvalue weighted by molar-refractivity contribution is 5.29. The van der Waals surface area contributed by atoms with E-state index < -0.39 is 11.9 Å². The molecule has 0 aliphatic rings. The van der Waals surface area contributed by atoms with Crippen LogP contribution < -0.4 is 5.73 Å². The van der Waals surface area contributed by atoms with Gasteiger partial charge in [0.05, 0.1) is 6.20 Å². The number of halogens is 3. The Morgan fingerprint density at radius 3 is 2.42 bits per heavy atom. The first-order valence-electron chi connectivity index (χ1n) is 5.63. The molecule has 0 aromatic carbocycles. The van der Waals surface area contributed by atoms with Crippen LogP contribution in [0.5, 0.6) is 0 Å². The lowest BCUT2D eigenvalue weighted by atomic mass is 9.95. The summed E-state index contributed by atoms with van der Waals surface area (Å²) in [5.41, 5.74) is 6.27. The number of nitrogens with zero attached hydrogens (tertiary/aromatic N) is 3. The fourth-order valence-corrected chi connectivity index (χ4v) is 1.86. The largest absolute Gasteiger partial charge is 0.433 e. The Balaban J connectivity index is 2.30. The zero-order chi connectivity index (χ0) is 14.0. The molecule has 0 saturated carbocycles. The molecule has 2 rings (SSSR count). The second-order valence-corrected chi connectivity index (χ2v) is 4.21. The third-order valence-corrected chi connectivity index (χ3v) is 2.84.